The highest BCUT2D eigenvalue weighted by Gasteiger charge is 2.17. The molecule has 0 aliphatic carbocycles. The number of carbonyl (C=O) groups excluding carboxylic acids is 3. The van der Waals surface area contributed by atoms with Gasteiger partial charge in [-0.15, -0.1) is 0 Å². The monoisotopic (exact) mass is 472 g/mol. The highest BCUT2D eigenvalue weighted by Crippen LogP contribution is 2.16. The second-order valence-corrected chi connectivity index (χ2v) is 9.82. The van der Waals surface area contributed by atoms with E-state index in [4.69, 9.17) is 4.74 Å². The number of unbranched alkanes of at least 4 members (excludes halogenated alkanes) is 5. The van der Waals surface area contributed by atoms with Gasteiger partial charge in [0.25, 0.3) is 5.24 Å². The molecule has 0 spiro atoms. The van der Waals surface area contributed by atoms with Gasteiger partial charge >= 0.3 is 5.97 Å². The number of hydrogen-bond acceptors (Lipinski definition) is 6. The minimum absolute atomic E-state index is 0.0261. The van der Waals surface area contributed by atoms with Gasteiger partial charge in [0.15, 0.2) is 0 Å². The van der Waals surface area contributed by atoms with Crippen LogP contribution < -0.4 is 0 Å². The lowest BCUT2D eigenvalue weighted by Crippen LogP contribution is -2.31. The van der Waals surface area contributed by atoms with Crippen LogP contribution in [0.5, 0.6) is 0 Å². The Morgan fingerprint density at radius 3 is 2.06 bits per heavy atom. The molecule has 0 radical (unpaired) electrons. The van der Waals surface area contributed by atoms with Gasteiger partial charge in [0.1, 0.15) is 12.4 Å². The lowest BCUT2D eigenvalue weighted by molar-refractivity contribution is -0.150. The summed E-state index contributed by atoms with van der Waals surface area (Å²) in [6.45, 7) is 6.41. The van der Waals surface area contributed by atoms with Crippen molar-refractivity contribution < 1.29 is 19.1 Å². The molecular weight excluding hydrogens is 424 g/mol. The molecule has 0 aromatic carbocycles. The minimum Gasteiger partial charge on any atom is -0.462 e. The molecule has 0 atom stereocenters. The largest absolute Gasteiger partial charge is 0.462 e. The third-order valence-electron chi connectivity index (χ3n) is 5.35. The Balaban J connectivity index is 4.47. The van der Waals surface area contributed by atoms with Crippen LogP contribution in [-0.4, -0.2) is 72.9 Å². The molecule has 1 amide bonds. The van der Waals surface area contributed by atoms with Gasteiger partial charge in [-0.25, -0.2) is 0 Å². The van der Waals surface area contributed by atoms with Crippen molar-refractivity contribution in [2.75, 3.05) is 39.5 Å². The van der Waals surface area contributed by atoms with E-state index < -0.39 is 0 Å². The van der Waals surface area contributed by atoms with Gasteiger partial charge in [-0.1, -0.05) is 51.3 Å². The fourth-order valence-electron chi connectivity index (χ4n) is 3.46. The van der Waals surface area contributed by atoms with Crippen LogP contribution >= 0.6 is 11.8 Å². The Hall–Kier alpha value is -1.08. The first-order valence-corrected chi connectivity index (χ1v) is 13.6. The molecule has 0 aliphatic heterocycles. The number of rotatable bonds is 21. The zero-order valence-corrected chi connectivity index (χ0v) is 21.9. The molecule has 0 N–H and O–H groups in total. The summed E-state index contributed by atoms with van der Waals surface area (Å²) in [5.74, 6) is 0.627. The topological polar surface area (TPSA) is 66.9 Å². The van der Waals surface area contributed by atoms with E-state index in [1.165, 1.54) is 24.6 Å². The van der Waals surface area contributed by atoms with E-state index in [1.54, 1.807) is 4.90 Å². The summed E-state index contributed by atoms with van der Waals surface area (Å²) in [5, 5.41) is 0.0417. The number of amides is 1. The summed E-state index contributed by atoms with van der Waals surface area (Å²) in [5.41, 5.74) is 0. The molecular formula is C25H48N2O4S. The van der Waals surface area contributed by atoms with Crippen molar-refractivity contribution in [2.24, 2.45) is 0 Å². The smallest absolute Gasteiger partial charge is 0.306 e. The summed E-state index contributed by atoms with van der Waals surface area (Å²) in [6.07, 6.45) is 12.7. The van der Waals surface area contributed by atoms with Crippen LogP contribution in [0.15, 0.2) is 0 Å². The summed E-state index contributed by atoms with van der Waals surface area (Å²) >= 11 is 1.33. The molecule has 32 heavy (non-hydrogen) atoms. The van der Waals surface area contributed by atoms with Gasteiger partial charge in [0, 0.05) is 31.7 Å². The first-order valence-electron chi connectivity index (χ1n) is 12.6. The number of esters is 1. The quantitative estimate of drug-likeness (QED) is 0.117. The van der Waals surface area contributed by atoms with Crippen molar-refractivity contribution in [3.63, 3.8) is 0 Å². The predicted molar refractivity (Wildman–Crippen MR) is 135 cm³/mol. The molecule has 188 valence electrons. The van der Waals surface area contributed by atoms with Crippen LogP contribution in [0.25, 0.3) is 0 Å². The zero-order chi connectivity index (χ0) is 24.0. The second-order valence-electron chi connectivity index (χ2n) is 8.77. The molecule has 0 aromatic rings. The lowest BCUT2D eigenvalue weighted by Gasteiger charge is -2.22. The second kappa shape index (κ2) is 21.7. The van der Waals surface area contributed by atoms with E-state index in [0.29, 0.717) is 38.8 Å². The van der Waals surface area contributed by atoms with Gasteiger partial charge in [-0.3, -0.25) is 9.59 Å². The Morgan fingerprint density at radius 2 is 1.50 bits per heavy atom. The van der Waals surface area contributed by atoms with Crippen molar-refractivity contribution in [3.05, 3.63) is 0 Å². The number of hydrogen-bond donors (Lipinski definition) is 0. The van der Waals surface area contributed by atoms with Gasteiger partial charge in [-0.05, 0) is 65.6 Å². The number of carbonyl (C=O) groups is 3. The summed E-state index contributed by atoms with van der Waals surface area (Å²) in [7, 11) is 4.05. The molecule has 0 unspecified atom stereocenters. The Kier molecular flexibility index (Phi) is 21.0. The molecule has 6 nitrogen and oxygen atoms in total. The van der Waals surface area contributed by atoms with Crippen LogP contribution in [0, 0.1) is 0 Å². The fraction of sp³-hybridized carbons (Fsp3) is 0.880. The molecule has 7 heteroatoms. The van der Waals surface area contributed by atoms with E-state index in [9.17, 15) is 14.4 Å². The van der Waals surface area contributed by atoms with Crippen molar-refractivity contribution >= 4 is 29.3 Å². The number of thioether (sulfide) groups is 1. The van der Waals surface area contributed by atoms with E-state index >= 15 is 0 Å². The van der Waals surface area contributed by atoms with E-state index in [-0.39, 0.29) is 17.3 Å². The van der Waals surface area contributed by atoms with Crippen LogP contribution in [0.4, 0.5) is 4.79 Å². The van der Waals surface area contributed by atoms with Crippen molar-refractivity contribution in [1.82, 2.24) is 9.80 Å². The maximum Gasteiger partial charge on any atom is 0.306 e. The lowest BCUT2D eigenvalue weighted by atomic mass is 10.0. The van der Waals surface area contributed by atoms with Gasteiger partial charge in [0.2, 0.25) is 0 Å². The van der Waals surface area contributed by atoms with Crippen LogP contribution in [0.1, 0.15) is 97.3 Å². The molecule has 0 aliphatic rings. The van der Waals surface area contributed by atoms with Gasteiger partial charge < -0.3 is 19.3 Å². The van der Waals surface area contributed by atoms with Crippen LogP contribution in [-0.2, 0) is 14.3 Å². The summed E-state index contributed by atoms with van der Waals surface area (Å²) in [6, 6.07) is 0. The third-order valence-corrected chi connectivity index (χ3v) is 6.35. The SMILES string of the molecule is CCCCCC(CCCCC)OC(=O)CCCN(CCCC=O)C(=O)SCCCN(C)C. The normalized spacial score (nSPS) is 11.2. The Bertz CT molecular complexity index is 479. The third kappa shape index (κ3) is 18.5. The first-order chi connectivity index (χ1) is 15.4. The average molecular weight is 473 g/mol. The molecule has 0 heterocycles. The maximum absolute atomic E-state index is 12.6. The zero-order valence-electron chi connectivity index (χ0n) is 21.1. The Morgan fingerprint density at radius 1 is 0.875 bits per heavy atom. The molecule has 0 aromatic heterocycles. The molecule has 0 rings (SSSR count). The predicted octanol–water partition coefficient (Wildman–Crippen LogP) is 5.93. The van der Waals surface area contributed by atoms with Crippen molar-refractivity contribution in [1.29, 1.82) is 0 Å². The number of aldehydes is 1. The van der Waals surface area contributed by atoms with Gasteiger partial charge in [0.05, 0.1) is 0 Å². The Labute approximate surface area is 201 Å². The van der Waals surface area contributed by atoms with E-state index in [0.717, 1.165) is 63.5 Å². The van der Waals surface area contributed by atoms with Crippen LogP contribution in [0.2, 0.25) is 0 Å². The van der Waals surface area contributed by atoms with Crippen LogP contribution in [0.3, 0.4) is 0 Å². The highest BCUT2D eigenvalue weighted by molar-refractivity contribution is 8.13. The first kappa shape index (κ1) is 30.9. The molecule has 0 saturated heterocycles. The standard InChI is InChI=1S/C25H48N2O4S/c1-5-7-9-15-23(16-10-8-6-2)31-24(29)17-13-20-27(19-11-12-21-28)25(30)32-22-14-18-26(3)4/h21,23H,5-20,22H2,1-4H3. The number of nitrogens with zero attached hydrogens (tertiary/aromatic N) is 2. The summed E-state index contributed by atoms with van der Waals surface area (Å²) < 4.78 is 5.79. The van der Waals surface area contributed by atoms with E-state index in [2.05, 4.69) is 18.7 Å². The molecule has 0 bridgehead atoms. The average Bonchev–Trinajstić information content (AvgIpc) is 2.75. The number of ether oxygens (including phenoxy) is 1. The van der Waals surface area contributed by atoms with E-state index in [1.807, 2.05) is 14.1 Å². The van der Waals surface area contributed by atoms with Crippen molar-refractivity contribution in [2.45, 2.75) is 103 Å². The van der Waals surface area contributed by atoms with Gasteiger partial charge in [-0.2, -0.15) is 0 Å². The molecule has 0 saturated carbocycles. The van der Waals surface area contributed by atoms with Crippen molar-refractivity contribution in [3.8, 4) is 0 Å². The minimum atomic E-state index is -0.151. The fourth-order valence-corrected chi connectivity index (χ4v) is 4.27. The highest BCUT2D eigenvalue weighted by atomic mass is 32.2. The maximum atomic E-state index is 12.6. The molecule has 0 fully saturated rings. The summed E-state index contributed by atoms with van der Waals surface area (Å²) in [4.78, 5) is 39.6.